The SMILES string of the molecule is CCc1nn(C)c(N2CC(C)(C)OC3(CCCC3)C2)c1[N+](=O)[O-]. The number of hydrogen-bond donors (Lipinski definition) is 0. The molecule has 23 heavy (non-hydrogen) atoms. The van der Waals surface area contributed by atoms with E-state index in [0.29, 0.717) is 31.0 Å². The van der Waals surface area contributed by atoms with E-state index in [2.05, 4.69) is 23.8 Å². The molecule has 2 fully saturated rings. The van der Waals surface area contributed by atoms with Gasteiger partial charge in [0.15, 0.2) is 0 Å². The van der Waals surface area contributed by atoms with Crippen LogP contribution in [0.4, 0.5) is 11.5 Å². The van der Waals surface area contributed by atoms with E-state index in [1.54, 1.807) is 11.7 Å². The van der Waals surface area contributed by atoms with E-state index < -0.39 is 0 Å². The lowest BCUT2D eigenvalue weighted by atomic mass is 9.94. The Hall–Kier alpha value is -1.63. The summed E-state index contributed by atoms with van der Waals surface area (Å²) < 4.78 is 8.07. The molecular formula is C16H26N4O3. The van der Waals surface area contributed by atoms with Crippen LogP contribution >= 0.6 is 0 Å². The number of morpholine rings is 1. The molecular weight excluding hydrogens is 296 g/mol. The van der Waals surface area contributed by atoms with E-state index >= 15 is 0 Å². The number of aromatic nitrogens is 2. The molecule has 1 saturated heterocycles. The highest BCUT2D eigenvalue weighted by Crippen LogP contribution is 2.43. The van der Waals surface area contributed by atoms with Crippen molar-refractivity contribution in [3.63, 3.8) is 0 Å². The van der Waals surface area contributed by atoms with Crippen LogP contribution < -0.4 is 4.90 Å². The number of nitro groups is 1. The van der Waals surface area contributed by atoms with Gasteiger partial charge in [0.05, 0.1) is 16.1 Å². The quantitative estimate of drug-likeness (QED) is 0.632. The van der Waals surface area contributed by atoms with Crippen molar-refractivity contribution in [2.24, 2.45) is 7.05 Å². The van der Waals surface area contributed by atoms with Crippen LogP contribution in [-0.4, -0.2) is 39.0 Å². The third-order valence-corrected chi connectivity index (χ3v) is 4.94. The van der Waals surface area contributed by atoms with Crippen LogP contribution in [0.1, 0.15) is 52.1 Å². The van der Waals surface area contributed by atoms with Gasteiger partial charge in [0.1, 0.15) is 5.69 Å². The molecule has 7 heteroatoms. The van der Waals surface area contributed by atoms with E-state index in [9.17, 15) is 10.1 Å². The van der Waals surface area contributed by atoms with Crippen molar-refractivity contribution in [1.82, 2.24) is 9.78 Å². The highest BCUT2D eigenvalue weighted by molar-refractivity contribution is 5.62. The molecule has 1 aromatic heterocycles. The molecule has 7 nitrogen and oxygen atoms in total. The van der Waals surface area contributed by atoms with E-state index in [0.717, 1.165) is 25.7 Å². The molecule has 0 amide bonds. The van der Waals surface area contributed by atoms with E-state index in [1.807, 2.05) is 6.92 Å². The van der Waals surface area contributed by atoms with Gasteiger partial charge in [-0.15, -0.1) is 0 Å². The second kappa shape index (κ2) is 5.47. The minimum absolute atomic E-state index is 0.154. The van der Waals surface area contributed by atoms with Gasteiger partial charge in [-0.25, -0.2) is 4.68 Å². The summed E-state index contributed by atoms with van der Waals surface area (Å²) in [6.45, 7) is 7.39. The lowest BCUT2D eigenvalue weighted by Gasteiger charge is -2.49. The maximum atomic E-state index is 11.6. The Bertz CT molecular complexity index is 617. The number of nitrogens with zero attached hydrogens (tertiary/aromatic N) is 4. The van der Waals surface area contributed by atoms with Crippen molar-refractivity contribution in [2.75, 3.05) is 18.0 Å². The number of ether oxygens (including phenoxy) is 1. The zero-order valence-corrected chi connectivity index (χ0v) is 14.5. The first kappa shape index (κ1) is 16.2. The van der Waals surface area contributed by atoms with E-state index in [4.69, 9.17) is 4.74 Å². The van der Waals surface area contributed by atoms with Gasteiger partial charge in [-0.3, -0.25) is 10.1 Å². The summed E-state index contributed by atoms with van der Waals surface area (Å²) in [6, 6.07) is 0. The van der Waals surface area contributed by atoms with Gasteiger partial charge < -0.3 is 9.64 Å². The third kappa shape index (κ3) is 2.82. The van der Waals surface area contributed by atoms with Crippen LogP contribution in [0.2, 0.25) is 0 Å². The summed E-state index contributed by atoms with van der Waals surface area (Å²) in [4.78, 5) is 13.5. The Morgan fingerprint density at radius 2 is 1.96 bits per heavy atom. The maximum Gasteiger partial charge on any atom is 0.334 e. The lowest BCUT2D eigenvalue weighted by molar-refractivity contribution is -0.384. The molecule has 1 spiro atoms. The molecule has 128 valence electrons. The van der Waals surface area contributed by atoms with Crippen molar-refractivity contribution >= 4 is 11.5 Å². The molecule has 0 radical (unpaired) electrons. The van der Waals surface area contributed by atoms with Crippen molar-refractivity contribution in [3.05, 3.63) is 15.8 Å². The molecule has 0 bridgehead atoms. The number of anilines is 1. The molecule has 1 saturated carbocycles. The topological polar surface area (TPSA) is 73.4 Å². The number of hydrogen-bond acceptors (Lipinski definition) is 5. The predicted octanol–water partition coefficient (Wildman–Crippen LogP) is 2.82. The fourth-order valence-electron chi connectivity index (χ4n) is 4.28. The second-order valence-corrected chi connectivity index (χ2v) is 7.46. The molecule has 1 aromatic rings. The number of rotatable bonds is 3. The summed E-state index contributed by atoms with van der Waals surface area (Å²) in [6.07, 6.45) is 4.94. The Labute approximate surface area is 136 Å². The predicted molar refractivity (Wildman–Crippen MR) is 87.8 cm³/mol. The van der Waals surface area contributed by atoms with Crippen LogP contribution in [0, 0.1) is 10.1 Å². The molecule has 2 heterocycles. The van der Waals surface area contributed by atoms with Crippen molar-refractivity contribution in [3.8, 4) is 0 Å². The number of aryl methyl sites for hydroxylation is 2. The van der Waals surface area contributed by atoms with Gasteiger partial charge in [-0.05, 0) is 33.1 Å². The van der Waals surface area contributed by atoms with Gasteiger partial charge in [-0.2, -0.15) is 5.10 Å². The average molecular weight is 322 g/mol. The Balaban J connectivity index is 2.03. The van der Waals surface area contributed by atoms with E-state index in [1.165, 1.54) is 0 Å². The van der Waals surface area contributed by atoms with Crippen LogP contribution in [0.25, 0.3) is 0 Å². The van der Waals surface area contributed by atoms with E-state index in [-0.39, 0.29) is 21.8 Å². The van der Waals surface area contributed by atoms with Crippen LogP contribution in [0.5, 0.6) is 0 Å². The largest absolute Gasteiger partial charge is 0.365 e. The molecule has 0 atom stereocenters. The zero-order valence-electron chi connectivity index (χ0n) is 14.5. The minimum atomic E-state index is -0.326. The van der Waals surface area contributed by atoms with Crippen LogP contribution in [-0.2, 0) is 18.2 Å². The van der Waals surface area contributed by atoms with Gasteiger partial charge in [-0.1, -0.05) is 19.8 Å². The summed E-state index contributed by atoms with van der Waals surface area (Å²) >= 11 is 0. The smallest absolute Gasteiger partial charge is 0.334 e. The summed E-state index contributed by atoms with van der Waals surface area (Å²) in [7, 11) is 1.80. The molecule has 0 aromatic carbocycles. The Morgan fingerprint density at radius 1 is 1.30 bits per heavy atom. The molecule has 2 aliphatic rings. The van der Waals surface area contributed by atoms with Crippen molar-refractivity contribution in [1.29, 1.82) is 0 Å². The first-order valence-electron chi connectivity index (χ1n) is 8.42. The third-order valence-electron chi connectivity index (χ3n) is 4.94. The van der Waals surface area contributed by atoms with Gasteiger partial charge in [0.25, 0.3) is 0 Å². The Morgan fingerprint density at radius 3 is 2.52 bits per heavy atom. The zero-order chi connectivity index (χ0) is 16.8. The fourth-order valence-corrected chi connectivity index (χ4v) is 4.28. The summed E-state index contributed by atoms with van der Waals surface area (Å²) in [5, 5.41) is 16.0. The van der Waals surface area contributed by atoms with Gasteiger partial charge in [0, 0.05) is 20.1 Å². The molecule has 1 aliphatic carbocycles. The second-order valence-electron chi connectivity index (χ2n) is 7.46. The van der Waals surface area contributed by atoms with Crippen molar-refractivity contribution in [2.45, 2.75) is 64.1 Å². The van der Waals surface area contributed by atoms with Gasteiger partial charge >= 0.3 is 5.69 Å². The molecule has 1 aliphatic heterocycles. The fraction of sp³-hybridized carbons (Fsp3) is 0.812. The normalized spacial score (nSPS) is 22.7. The first-order chi connectivity index (χ1) is 10.8. The Kier molecular flexibility index (Phi) is 3.86. The molecule has 3 rings (SSSR count). The van der Waals surface area contributed by atoms with Crippen LogP contribution in [0.15, 0.2) is 0 Å². The average Bonchev–Trinajstić information content (AvgIpc) is 3.00. The molecule has 0 unspecified atom stereocenters. The minimum Gasteiger partial charge on any atom is -0.365 e. The summed E-state index contributed by atoms with van der Waals surface area (Å²) in [5.74, 6) is 0.620. The van der Waals surface area contributed by atoms with Gasteiger partial charge in [0.2, 0.25) is 5.82 Å². The maximum absolute atomic E-state index is 11.6. The lowest BCUT2D eigenvalue weighted by Crippen LogP contribution is -2.59. The highest BCUT2D eigenvalue weighted by atomic mass is 16.6. The highest BCUT2D eigenvalue weighted by Gasteiger charge is 2.48. The molecule has 0 N–H and O–H groups in total. The first-order valence-corrected chi connectivity index (χ1v) is 8.42. The van der Waals surface area contributed by atoms with Crippen LogP contribution in [0.3, 0.4) is 0 Å². The monoisotopic (exact) mass is 322 g/mol. The van der Waals surface area contributed by atoms with Crippen molar-refractivity contribution < 1.29 is 9.66 Å². The standard InChI is InChI=1S/C16H26N4O3/c1-5-12-13(20(21)22)14(18(4)17-12)19-10-15(2,3)23-16(11-19)8-6-7-9-16/h5-11H2,1-4H3. The summed E-state index contributed by atoms with van der Waals surface area (Å²) in [5.41, 5.74) is 0.206.